The molecular weight excluding hydrogens is 258 g/mol. The highest BCUT2D eigenvalue weighted by Crippen LogP contribution is 2.29. The van der Waals surface area contributed by atoms with Crippen molar-refractivity contribution in [2.45, 2.75) is 19.9 Å². The molecule has 0 bridgehead atoms. The van der Waals surface area contributed by atoms with Crippen molar-refractivity contribution in [2.24, 2.45) is 0 Å². The lowest BCUT2D eigenvalue weighted by atomic mass is 10.1. The molecule has 0 aromatic heterocycles. The minimum atomic E-state index is -0.326. The molecule has 1 saturated heterocycles. The van der Waals surface area contributed by atoms with Gasteiger partial charge < -0.3 is 10.1 Å². The monoisotopic (exact) mass is 279 g/mol. The van der Waals surface area contributed by atoms with Crippen LogP contribution in [0.25, 0.3) is 0 Å². The Morgan fingerprint density at radius 3 is 3.00 bits per heavy atom. The molecule has 0 saturated carbocycles. The van der Waals surface area contributed by atoms with Crippen LogP contribution in [0.2, 0.25) is 0 Å². The maximum absolute atomic E-state index is 11.1. The molecule has 20 heavy (non-hydrogen) atoms. The van der Waals surface area contributed by atoms with Crippen molar-refractivity contribution in [3.05, 3.63) is 33.9 Å². The number of anilines is 1. The Balaban J connectivity index is 2.20. The first-order valence-corrected chi connectivity index (χ1v) is 7.02. The smallest absolute Gasteiger partial charge is 0.292 e. The standard InChI is InChI=1S/C14H21N3O3/c1-2-15-14-12(5-3-6-13(14)17(18)19)11-16-7-4-9-20-10-8-16/h3,5-6,15H,2,4,7-11H2,1H3. The van der Waals surface area contributed by atoms with Gasteiger partial charge in [-0.3, -0.25) is 15.0 Å². The van der Waals surface area contributed by atoms with Crippen LogP contribution in [0.1, 0.15) is 18.9 Å². The molecule has 1 aromatic carbocycles. The summed E-state index contributed by atoms with van der Waals surface area (Å²) in [5.41, 5.74) is 1.77. The van der Waals surface area contributed by atoms with E-state index in [1.54, 1.807) is 12.1 Å². The average Bonchev–Trinajstić information content (AvgIpc) is 2.69. The van der Waals surface area contributed by atoms with Gasteiger partial charge in [0.25, 0.3) is 5.69 Å². The summed E-state index contributed by atoms with van der Waals surface area (Å²) in [6.45, 7) is 6.69. The van der Waals surface area contributed by atoms with Crippen molar-refractivity contribution >= 4 is 11.4 Å². The quantitative estimate of drug-likeness (QED) is 0.661. The predicted molar refractivity (Wildman–Crippen MR) is 78.0 cm³/mol. The lowest BCUT2D eigenvalue weighted by Crippen LogP contribution is -2.26. The van der Waals surface area contributed by atoms with E-state index in [9.17, 15) is 10.1 Å². The first kappa shape index (κ1) is 14.7. The lowest BCUT2D eigenvalue weighted by Gasteiger charge is -2.21. The number of nitro groups is 1. The third-order valence-corrected chi connectivity index (χ3v) is 3.39. The van der Waals surface area contributed by atoms with Crippen molar-refractivity contribution in [3.63, 3.8) is 0 Å². The molecule has 1 N–H and O–H groups in total. The number of hydrogen-bond acceptors (Lipinski definition) is 5. The number of nitrogens with zero attached hydrogens (tertiary/aromatic N) is 2. The fourth-order valence-electron chi connectivity index (χ4n) is 2.45. The summed E-state index contributed by atoms with van der Waals surface area (Å²) in [6.07, 6.45) is 1.01. The van der Waals surface area contributed by atoms with Crippen molar-refractivity contribution < 1.29 is 9.66 Å². The molecule has 1 fully saturated rings. The molecule has 0 radical (unpaired) electrons. The summed E-state index contributed by atoms with van der Waals surface area (Å²) in [7, 11) is 0. The summed E-state index contributed by atoms with van der Waals surface area (Å²) in [4.78, 5) is 13.1. The van der Waals surface area contributed by atoms with Crippen molar-refractivity contribution in [2.75, 3.05) is 38.2 Å². The molecule has 1 aliphatic heterocycles. The van der Waals surface area contributed by atoms with E-state index in [0.717, 1.165) is 38.3 Å². The van der Waals surface area contributed by atoms with Crippen LogP contribution in [-0.2, 0) is 11.3 Å². The highest BCUT2D eigenvalue weighted by atomic mass is 16.6. The Kier molecular flexibility index (Phi) is 5.31. The fraction of sp³-hybridized carbons (Fsp3) is 0.571. The van der Waals surface area contributed by atoms with Gasteiger partial charge in [-0.05, 0) is 18.9 Å². The summed E-state index contributed by atoms with van der Waals surface area (Å²) in [5.74, 6) is 0. The van der Waals surface area contributed by atoms with Gasteiger partial charge in [0.05, 0.1) is 11.5 Å². The van der Waals surface area contributed by atoms with Gasteiger partial charge in [0.2, 0.25) is 0 Å². The number of ether oxygens (including phenoxy) is 1. The second-order valence-electron chi connectivity index (χ2n) is 4.84. The summed E-state index contributed by atoms with van der Waals surface area (Å²) in [5, 5.41) is 14.3. The molecule has 2 rings (SSSR count). The van der Waals surface area contributed by atoms with Crippen LogP contribution in [0.15, 0.2) is 18.2 Å². The molecule has 1 aliphatic rings. The number of hydrogen-bond donors (Lipinski definition) is 1. The van der Waals surface area contributed by atoms with Crippen LogP contribution in [0, 0.1) is 10.1 Å². The fourth-order valence-corrected chi connectivity index (χ4v) is 2.45. The highest BCUT2D eigenvalue weighted by Gasteiger charge is 2.19. The second-order valence-corrected chi connectivity index (χ2v) is 4.84. The summed E-state index contributed by atoms with van der Waals surface area (Å²) in [6, 6.07) is 5.26. The average molecular weight is 279 g/mol. The second kappa shape index (κ2) is 7.21. The Bertz CT molecular complexity index is 457. The van der Waals surface area contributed by atoms with Crippen LogP contribution in [0.5, 0.6) is 0 Å². The van der Waals surface area contributed by atoms with Crippen LogP contribution in [0.4, 0.5) is 11.4 Å². The topological polar surface area (TPSA) is 67.6 Å². The first-order chi connectivity index (χ1) is 9.72. The minimum Gasteiger partial charge on any atom is -0.380 e. The van der Waals surface area contributed by atoms with E-state index in [1.165, 1.54) is 0 Å². The lowest BCUT2D eigenvalue weighted by molar-refractivity contribution is -0.384. The van der Waals surface area contributed by atoms with Gasteiger partial charge in [-0.15, -0.1) is 0 Å². The van der Waals surface area contributed by atoms with Gasteiger partial charge in [0.15, 0.2) is 0 Å². The SMILES string of the molecule is CCNc1c(CN2CCCOCC2)cccc1[N+](=O)[O-]. The van der Waals surface area contributed by atoms with Gasteiger partial charge in [0, 0.05) is 38.9 Å². The zero-order valence-electron chi connectivity index (χ0n) is 11.8. The molecule has 0 unspecified atom stereocenters. The Morgan fingerprint density at radius 1 is 1.40 bits per heavy atom. The molecular formula is C14H21N3O3. The Hall–Kier alpha value is -1.66. The maximum atomic E-state index is 11.1. The molecule has 0 amide bonds. The largest absolute Gasteiger partial charge is 0.380 e. The molecule has 1 heterocycles. The van der Waals surface area contributed by atoms with E-state index < -0.39 is 0 Å². The summed E-state index contributed by atoms with van der Waals surface area (Å²) >= 11 is 0. The third-order valence-electron chi connectivity index (χ3n) is 3.39. The Labute approximate surface area is 118 Å². The predicted octanol–water partition coefficient (Wildman–Crippen LogP) is 2.25. The molecule has 0 aliphatic carbocycles. The van der Waals surface area contributed by atoms with Crippen LogP contribution >= 0.6 is 0 Å². The third kappa shape index (κ3) is 3.68. The van der Waals surface area contributed by atoms with Crippen LogP contribution in [-0.4, -0.2) is 42.7 Å². The first-order valence-electron chi connectivity index (χ1n) is 7.02. The van der Waals surface area contributed by atoms with E-state index in [0.29, 0.717) is 18.8 Å². The van der Waals surface area contributed by atoms with Crippen molar-refractivity contribution in [1.82, 2.24) is 4.90 Å². The van der Waals surface area contributed by atoms with Gasteiger partial charge >= 0.3 is 0 Å². The number of benzene rings is 1. The number of nitrogens with one attached hydrogen (secondary N) is 1. The van der Waals surface area contributed by atoms with E-state index >= 15 is 0 Å². The van der Waals surface area contributed by atoms with E-state index in [1.807, 2.05) is 13.0 Å². The van der Waals surface area contributed by atoms with Crippen LogP contribution in [0.3, 0.4) is 0 Å². The van der Waals surface area contributed by atoms with E-state index in [2.05, 4.69) is 10.2 Å². The van der Waals surface area contributed by atoms with E-state index in [-0.39, 0.29) is 10.6 Å². The van der Waals surface area contributed by atoms with Gasteiger partial charge in [-0.25, -0.2) is 0 Å². The number of nitro benzene ring substituents is 1. The maximum Gasteiger partial charge on any atom is 0.292 e. The van der Waals surface area contributed by atoms with Crippen molar-refractivity contribution in [3.8, 4) is 0 Å². The van der Waals surface area contributed by atoms with Crippen molar-refractivity contribution in [1.29, 1.82) is 0 Å². The number of para-hydroxylation sites is 1. The van der Waals surface area contributed by atoms with E-state index in [4.69, 9.17) is 4.74 Å². The molecule has 0 atom stereocenters. The highest BCUT2D eigenvalue weighted by molar-refractivity contribution is 5.66. The molecule has 6 nitrogen and oxygen atoms in total. The van der Waals surface area contributed by atoms with Gasteiger partial charge in [-0.1, -0.05) is 12.1 Å². The molecule has 6 heteroatoms. The van der Waals surface area contributed by atoms with Gasteiger partial charge in [-0.2, -0.15) is 0 Å². The zero-order valence-corrected chi connectivity index (χ0v) is 11.8. The van der Waals surface area contributed by atoms with Gasteiger partial charge in [0.1, 0.15) is 5.69 Å². The zero-order chi connectivity index (χ0) is 14.4. The molecule has 0 spiro atoms. The number of rotatable bonds is 5. The minimum absolute atomic E-state index is 0.149. The normalized spacial score (nSPS) is 16.6. The summed E-state index contributed by atoms with van der Waals surface area (Å²) < 4.78 is 5.44. The Morgan fingerprint density at radius 2 is 2.25 bits per heavy atom. The molecule has 110 valence electrons. The molecule has 1 aromatic rings. The van der Waals surface area contributed by atoms with Crippen LogP contribution < -0.4 is 5.32 Å².